The first-order valence-electron chi connectivity index (χ1n) is 6.00. The van der Waals surface area contributed by atoms with Crippen molar-refractivity contribution >= 4 is 18.3 Å². The zero-order valence-electron chi connectivity index (χ0n) is 12.3. The SMILES string of the molecule is CC(C)(C)OC(=O)NC(C=O)(CC(=O)[O-])C(C)(C)C. The smallest absolute Gasteiger partial charge is 0.408 e. The van der Waals surface area contributed by atoms with E-state index in [2.05, 4.69) is 5.32 Å². The second-order valence-electron chi connectivity index (χ2n) is 6.51. The molecular formula is C13H22NO5-. The Labute approximate surface area is 113 Å². The molecule has 0 aliphatic heterocycles. The zero-order valence-corrected chi connectivity index (χ0v) is 12.3. The molecule has 0 rings (SSSR count). The molecule has 0 bridgehead atoms. The molecule has 0 aromatic rings. The molecule has 1 atom stereocenters. The van der Waals surface area contributed by atoms with Gasteiger partial charge in [0.15, 0.2) is 0 Å². The van der Waals surface area contributed by atoms with E-state index in [0.717, 1.165) is 0 Å². The molecule has 0 aliphatic carbocycles. The lowest BCUT2D eigenvalue weighted by atomic mass is 9.72. The summed E-state index contributed by atoms with van der Waals surface area (Å²) >= 11 is 0. The van der Waals surface area contributed by atoms with Crippen LogP contribution in [-0.2, 0) is 14.3 Å². The summed E-state index contributed by atoms with van der Waals surface area (Å²) in [4.78, 5) is 33.9. The van der Waals surface area contributed by atoms with Gasteiger partial charge in [0.2, 0.25) is 0 Å². The molecule has 0 aliphatic rings. The van der Waals surface area contributed by atoms with Crippen LogP contribution < -0.4 is 10.4 Å². The van der Waals surface area contributed by atoms with E-state index < -0.39 is 35.0 Å². The highest BCUT2D eigenvalue weighted by atomic mass is 16.6. The van der Waals surface area contributed by atoms with Crippen molar-refractivity contribution in [2.45, 2.75) is 59.1 Å². The van der Waals surface area contributed by atoms with E-state index in [1.54, 1.807) is 41.5 Å². The molecule has 0 aromatic heterocycles. The Balaban J connectivity index is 5.22. The molecule has 1 unspecified atom stereocenters. The monoisotopic (exact) mass is 272 g/mol. The van der Waals surface area contributed by atoms with Crippen molar-refractivity contribution in [3.63, 3.8) is 0 Å². The number of carbonyl (C=O) groups excluding carboxylic acids is 3. The van der Waals surface area contributed by atoms with Gasteiger partial charge >= 0.3 is 6.09 Å². The van der Waals surface area contributed by atoms with Gasteiger partial charge < -0.3 is 24.7 Å². The van der Waals surface area contributed by atoms with Crippen LogP contribution in [0, 0.1) is 5.41 Å². The number of carboxylic acids is 1. The molecule has 0 spiro atoms. The maximum absolute atomic E-state index is 11.8. The number of carboxylic acid groups (broad SMARTS) is 1. The lowest BCUT2D eigenvalue weighted by Crippen LogP contribution is -2.61. The number of ether oxygens (including phenoxy) is 1. The van der Waals surface area contributed by atoms with Gasteiger partial charge in [-0.15, -0.1) is 0 Å². The van der Waals surface area contributed by atoms with Gasteiger partial charge in [-0.25, -0.2) is 4.79 Å². The maximum Gasteiger partial charge on any atom is 0.408 e. The van der Waals surface area contributed by atoms with Gasteiger partial charge in [-0.3, -0.25) is 0 Å². The van der Waals surface area contributed by atoms with Crippen molar-refractivity contribution in [1.29, 1.82) is 0 Å². The molecule has 0 fully saturated rings. The molecule has 19 heavy (non-hydrogen) atoms. The third kappa shape index (κ3) is 5.28. The second kappa shape index (κ2) is 5.59. The van der Waals surface area contributed by atoms with Crippen molar-refractivity contribution in [3.8, 4) is 0 Å². The predicted octanol–water partition coefficient (Wildman–Crippen LogP) is 0.635. The highest BCUT2D eigenvalue weighted by molar-refractivity contribution is 5.82. The summed E-state index contributed by atoms with van der Waals surface area (Å²) in [5.41, 5.74) is -3.11. The Hall–Kier alpha value is -1.59. The minimum absolute atomic E-state index is 0.423. The number of carbonyl (C=O) groups is 3. The minimum atomic E-state index is -1.58. The summed E-state index contributed by atoms with van der Waals surface area (Å²) in [6.07, 6.45) is -1.03. The maximum atomic E-state index is 11.8. The zero-order chi connectivity index (χ0) is 15.5. The Morgan fingerprint density at radius 1 is 1.16 bits per heavy atom. The van der Waals surface area contributed by atoms with Crippen molar-refractivity contribution in [1.82, 2.24) is 5.32 Å². The highest BCUT2D eigenvalue weighted by Crippen LogP contribution is 2.32. The molecule has 6 heteroatoms. The van der Waals surface area contributed by atoms with E-state index in [1.165, 1.54) is 0 Å². The number of nitrogens with one attached hydrogen (secondary N) is 1. The first kappa shape index (κ1) is 17.4. The lowest BCUT2D eigenvalue weighted by Gasteiger charge is -2.41. The van der Waals surface area contributed by atoms with Gasteiger partial charge in [0.25, 0.3) is 0 Å². The van der Waals surface area contributed by atoms with Gasteiger partial charge in [-0.2, -0.15) is 0 Å². The fourth-order valence-electron chi connectivity index (χ4n) is 1.46. The van der Waals surface area contributed by atoms with E-state index in [0.29, 0.717) is 6.29 Å². The predicted molar refractivity (Wildman–Crippen MR) is 67.2 cm³/mol. The molecule has 1 amide bonds. The Kier molecular flexibility index (Phi) is 5.12. The normalized spacial score (nSPS) is 15.3. The molecule has 6 nitrogen and oxygen atoms in total. The Morgan fingerprint density at radius 3 is 1.89 bits per heavy atom. The van der Waals surface area contributed by atoms with Crippen LogP contribution in [0.25, 0.3) is 0 Å². The summed E-state index contributed by atoms with van der Waals surface area (Å²) in [5.74, 6) is -1.42. The average molecular weight is 272 g/mol. The van der Waals surface area contributed by atoms with E-state index in [1.807, 2.05) is 0 Å². The van der Waals surface area contributed by atoms with E-state index in [9.17, 15) is 19.5 Å². The van der Waals surface area contributed by atoms with Crippen LogP contribution in [0.2, 0.25) is 0 Å². The summed E-state index contributed by atoms with van der Waals surface area (Å²) in [6.45, 7) is 9.98. The van der Waals surface area contributed by atoms with Crippen LogP contribution in [0.3, 0.4) is 0 Å². The van der Waals surface area contributed by atoms with Crippen LogP contribution in [-0.4, -0.2) is 29.5 Å². The molecule has 0 aromatic carbocycles. The number of aliphatic carboxylic acids is 1. The van der Waals surface area contributed by atoms with Crippen molar-refractivity contribution in [2.75, 3.05) is 0 Å². The first-order valence-corrected chi connectivity index (χ1v) is 6.00. The van der Waals surface area contributed by atoms with Gasteiger partial charge in [0, 0.05) is 12.4 Å². The lowest BCUT2D eigenvalue weighted by molar-refractivity contribution is -0.307. The Morgan fingerprint density at radius 2 is 1.63 bits per heavy atom. The van der Waals surface area contributed by atoms with Gasteiger partial charge in [0.1, 0.15) is 17.4 Å². The van der Waals surface area contributed by atoms with Gasteiger partial charge in [-0.05, 0) is 26.2 Å². The van der Waals surface area contributed by atoms with Crippen LogP contribution in [0.4, 0.5) is 4.79 Å². The molecular weight excluding hydrogens is 250 g/mol. The number of hydrogen-bond acceptors (Lipinski definition) is 5. The third-order valence-corrected chi connectivity index (χ3v) is 2.69. The number of hydrogen-bond donors (Lipinski definition) is 1. The first-order chi connectivity index (χ1) is 8.33. The van der Waals surface area contributed by atoms with E-state index in [4.69, 9.17) is 4.74 Å². The molecule has 110 valence electrons. The van der Waals surface area contributed by atoms with Crippen LogP contribution in [0.5, 0.6) is 0 Å². The quantitative estimate of drug-likeness (QED) is 0.757. The topological polar surface area (TPSA) is 95.5 Å². The third-order valence-electron chi connectivity index (χ3n) is 2.69. The molecule has 0 saturated carbocycles. The largest absolute Gasteiger partial charge is 0.550 e. The minimum Gasteiger partial charge on any atom is -0.550 e. The van der Waals surface area contributed by atoms with E-state index in [-0.39, 0.29) is 0 Å². The fourth-order valence-corrected chi connectivity index (χ4v) is 1.46. The molecule has 0 heterocycles. The van der Waals surface area contributed by atoms with Crippen molar-refractivity contribution in [2.24, 2.45) is 5.41 Å². The van der Waals surface area contributed by atoms with Crippen molar-refractivity contribution in [3.05, 3.63) is 0 Å². The second-order valence-corrected chi connectivity index (χ2v) is 6.51. The average Bonchev–Trinajstić information content (AvgIpc) is 2.10. The number of rotatable bonds is 4. The summed E-state index contributed by atoms with van der Waals surface area (Å²) < 4.78 is 5.05. The van der Waals surface area contributed by atoms with E-state index >= 15 is 0 Å². The summed E-state index contributed by atoms with van der Waals surface area (Å²) in [7, 11) is 0. The van der Waals surface area contributed by atoms with Crippen LogP contribution in [0.15, 0.2) is 0 Å². The summed E-state index contributed by atoms with van der Waals surface area (Å²) in [6, 6.07) is 0. The molecule has 1 N–H and O–H groups in total. The molecule has 0 radical (unpaired) electrons. The molecule has 0 saturated heterocycles. The summed E-state index contributed by atoms with van der Waals surface area (Å²) in [5, 5.41) is 13.2. The number of amides is 1. The number of aldehydes is 1. The van der Waals surface area contributed by atoms with Gasteiger partial charge in [0.05, 0.1) is 0 Å². The van der Waals surface area contributed by atoms with Crippen LogP contribution >= 0.6 is 0 Å². The fraction of sp³-hybridized carbons (Fsp3) is 0.769. The standard InChI is InChI=1S/C13H23NO5/c1-11(2,3)13(8-15,7-9(16)17)14-10(18)19-12(4,5)6/h8H,7H2,1-6H3,(H,14,18)(H,16,17)/p-1. The van der Waals surface area contributed by atoms with Crippen LogP contribution in [0.1, 0.15) is 48.0 Å². The number of alkyl carbamates (subject to hydrolysis) is 1. The van der Waals surface area contributed by atoms with Gasteiger partial charge in [-0.1, -0.05) is 20.8 Å². The Bertz CT molecular complexity index is 364. The van der Waals surface area contributed by atoms with Crippen molar-refractivity contribution < 1.29 is 24.2 Å². The highest BCUT2D eigenvalue weighted by Gasteiger charge is 2.44.